The van der Waals surface area contributed by atoms with E-state index < -0.39 is 18.0 Å². The summed E-state index contributed by atoms with van der Waals surface area (Å²) in [7, 11) is 0. The standard InChI is InChI=1S/C12H20N4O3/c1-4-5-10(11(17)18)15-12(19)14-9-6-13-16(7-9)8(2)3/h6-8,10H,4-5H2,1-3H3,(H,17,18)(H2,14,15,19). The molecule has 0 fully saturated rings. The minimum absolute atomic E-state index is 0.200. The first-order chi connectivity index (χ1) is 8.93. The van der Waals surface area contributed by atoms with Crippen LogP contribution in [0.4, 0.5) is 10.5 Å². The van der Waals surface area contributed by atoms with E-state index in [0.717, 1.165) is 0 Å². The number of rotatable bonds is 6. The van der Waals surface area contributed by atoms with Crippen LogP contribution in [0.15, 0.2) is 12.4 Å². The van der Waals surface area contributed by atoms with E-state index in [0.29, 0.717) is 18.5 Å². The second-order valence-corrected chi connectivity index (χ2v) is 4.58. The summed E-state index contributed by atoms with van der Waals surface area (Å²) in [6, 6.07) is -1.21. The average Bonchev–Trinajstić information content (AvgIpc) is 2.76. The van der Waals surface area contributed by atoms with Gasteiger partial charge in [-0.25, -0.2) is 9.59 Å². The Hall–Kier alpha value is -2.05. The van der Waals surface area contributed by atoms with Crippen LogP contribution in [0.25, 0.3) is 0 Å². The van der Waals surface area contributed by atoms with Crippen LogP contribution in [0.2, 0.25) is 0 Å². The number of hydrogen-bond acceptors (Lipinski definition) is 3. The van der Waals surface area contributed by atoms with Gasteiger partial charge in [0.25, 0.3) is 0 Å². The topological polar surface area (TPSA) is 96.3 Å². The highest BCUT2D eigenvalue weighted by Crippen LogP contribution is 2.09. The molecule has 7 nitrogen and oxygen atoms in total. The number of nitrogens with zero attached hydrogens (tertiary/aromatic N) is 2. The van der Waals surface area contributed by atoms with Crippen molar-refractivity contribution in [2.75, 3.05) is 5.32 Å². The first-order valence-corrected chi connectivity index (χ1v) is 6.28. The van der Waals surface area contributed by atoms with Crippen LogP contribution in [-0.4, -0.2) is 32.9 Å². The summed E-state index contributed by atoms with van der Waals surface area (Å²) < 4.78 is 1.70. The smallest absolute Gasteiger partial charge is 0.326 e. The van der Waals surface area contributed by atoms with Crippen LogP contribution in [0.5, 0.6) is 0 Å². The molecular weight excluding hydrogens is 248 g/mol. The number of aliphatic carboxylic acids is 1. The maximum absolute atomic E-state index is 11.7. The molecule has 0 aliphatic carbocycles. The largest absolute Gasteiger partial charge is 0.480 e. The molecule has 1 atom stereocenters. The molecule has 0 aliphatic rings. The maximum Gasteiger partial charge on any atom is 0.326 e. The van der Waals surface area contributed by atoms with Gasteiger partial charge in [0.15, 0.2) is 0 Å². The molecule has 0 radical (unpaired) electrons. The van der Waals surface area contributed by atoms with E-state index in [2.05, 4.69) is 15.7 Å². The van der Waals surface area contributed by atoms with Gasteiger partial charge in [0.1, 0.15) is 6.04 Å². The lowest BCUT2D eigenvalue weighted by molar-refractivity contribution is -0.139. The zero-order valence-corrected chi connectivity index (χ0v) is 11.4. The fourth-order valence-electron chi connectivity index (χ4n) is 1.56. The van der Waals surface area contributed by atoms with Crippen LogP contribution in [-0.2, 0) is 4.79 Å². The quantitative estimate of drug-likeness (QED) is 0.733. The Morgan fingerprint density at radius 2 is 2.16 bits per heavy atom. The molecule has 0 spiro atoms. The molecule has 1 rings (SSSR count). The summed E-state index contributed by atoms with van der Waals surface area (Å²) >= 11 is 0. The Labute approximate surface area is 112 Å². The molecule has 0 saturated carbocycles. The lowest BCUT2D eigenvalue weighted by Gasteiger charge is -2.13. The molecular formula is C12H20N4O3. The number of nitrogens with one attached hydrogen (secondary N) is 2. The van der Waals surface area contributed by atoms with Gasteiger partial charge in [-0.15, -0.1) is 0 Å². The summed E-state index contributed by atoms with van der Waals surface area (Å²) in [5.41, 5.74) is 0.534. The first kappa shape index (κ1) is 15.0. The predicted octanol–water partition coefficient (Wildman–Crippen LogP) is 1.84. The fourth-order valence-corrected chi connectivity index (χ4v) is 1.56. The van der Waals surface area contributed by atoms with Crippen LogP contribution in [0.3, 0.4) is 0 Å². The average molecular weight is 268 g/mol. The third kappa shape index (κ3) is 4.61. The van der Waals surface area contributed by atoms with Crippen molar-refractivity contribution in [3.63, 3.8) is 0 Å². The lowest BCUT2D eigenvalue weighted by Crippen LogP contribution is -2.42. The zero-order chi connectivity index (χ0) is 14.4. The van der Waals surface area contributed by atoms with Crippen molar-refractivity contribution >= 4 is 17.7 Å². The van der Waals surface area contributed by atoms with Crippen molar-refractivity contribution < 1.29 is 14.7 Å². The summed E-state index contributed by atoms with van der Waals surface area (Å²) in [4.78, 5) is 22.6. The number of aromatic nitrogens is 2. The summed E-state index contributed by atoms with van der Waals surface area (Å²) in [5.74, 6) is -1.03. The van der Waals surface area contributed by atoms with Crippen molar-refractivity contribution in [3.8, 4) is 0 Å². The van der Waals surface area contributed by atoms with Gasteiger partial charge in [0.2, 0.25) is 0 Å². The molecule has 106 valence electrons. The molecule has 7 heteroatoms. The third-order valence-corrected chi connectivity index (χ3v) is 2.57. The normalized spacial score (nSPS) is 12.2. The number of amides is 2. The molecule has 3 N–H and O–H groups in total. The Morgan fingerprint density at radius 3 is 2.63 bits per heavy atom. The van der Waals surface area contributed by atoms with Crippen LogP contribution in [0.1, 0.15) is 39.7 Å². The van der Waals surface area contributed by atoms with Crippen molar-refractivity contribution in [3.05, 3.63) is 12.4 Å². The Bertz CT molecular complexity index is 442. The second-order valence-electron chi connectivity index (χ2n) is 4.58. The van der Waals surface area contributed by atoms with Gasteiger partial charge >= 0.3 is 12.0 Å². The zero-order valence-electron chi connectivity index (χ0n) is 11.4. The van der Waals surface area contributed by atoms with Gasteiger partial charge in [-0.3, -0.25) is 4.68 Å². The number of carbonyl (C=O) groups excluding carboxylic acids is 1. The minimum Gasteiger partial charge on any atom is -0.480 e. The molecule has 1 aromatic heterocycles. The number of hydrogen-bond donors (Lipinski definition) is 3. The van der Waals surface area contributed by atoms with E-state index in [1.165, 1.54) is 6.20 Å². The predicted molar refractivity (Wildman–Crippen MR) is 71.1 cm³/mol. The number of carbonyl (C=O) groups is 2. The maximum atomic E-state index is 11.7. The highest BCUT2D eigenvalue weighted by Gasteiger charge is 2.18. The summed E-state index contributed by atoms with van der Waals surface area (Å²) in [5, 5.41) is 18.0. The molecule has 0 aromatic carbocycles. The number of urea groups is 1. The molecule has 0 saturated heterocycles. The van der Waals surface area contributed by atoms with E-state index in [4.69, 9.17) is 5.11 Å². The monoisotopic (exact) mass is 268 g/mol. The highest BCUT2D eigenvalue weighted by molar-refractivity contribution is 5.91. The molecule has 1 aromatic rings. The SMILES string of the molecule is CCCC(NC(=O)Nc1cnn(C(C)C)c1)C(=O)O. The molecule has 2 amide bonds. The van der Waals surface area contributed by atoms with E-state index >= 15 is 0 Å². The van der Waals surface area contributed by atoms with Gasteiger partial charge in [0, 0.05) is 12.2 Å². The molecule has 19 heavy (non-hydrogen) atoms. The summed E-state index contributed by atoms with van der Waals surface area (Å²) in [6.07, 6.45) is 4.30. The molecule has 1 heterocycles. The second kappa shape index (κ2) is 6.77. The number of carboxylic acids is 1. The van der Waals surface area contributed by atoms with E-state index in [9.17, 15) is 9.59 Å². The number of anilines is 1. The van der Waals surface area contributed by atoms with Crippen LogP contribution in [0, 0.1) is 0 Å². The van der Waals surface area contributed by atoms with Crippen molar-refractivity contribution in [1.29, 1.82) is 0 Å². The van der Waals surface area contributed by atoms with Gasteiger partial charge in [0.05, 0.1) is 11.9 Å². The first-order valence-electron chi connectivity index (χ1n) is 6.28. The van der Waals surface area contributed by atoms with Crippen molar-refractivity contribution in [1.82, 2.24) is 15.1 Å². The molecule has 0 aliphatic heterocycles. The lowest BCUT2D eigenvalue weighted by atomic mass is 10.2. The fraction of sp³-hybridized carbons (Fsp3) is 0.583. The van der Waals surface area contributed by atoms with Gasteiger partial charge in [-0.1, -0.05) is 13.3 Å². The van der Waals surface area contributed by atoms with E-state index in [-0.39, 0.29) is 6.04 Å². The minimum atomic E-state index is -1.03. The van der Waals surface area contributed by atoms with E-state index in [1.54, 1.807) is 10.9 Å². The Kier molecular flexibility index (Phi) is 5.35. The van der Waals surface area contributed by atoms with E-state index in [1.807, 2.05) is 20.8 Å². The van der Waals surface area contributed by atoms with Crippen molar-refractivity contribution in [2.45, 2.75) is 45.7 Å². The highest BCUT2D eigenvalue weighted by atomic mass is 16.4. The van der Waals surface area contributed by atoms with Crippen LogP contribution < -0.4 is 10.6 Å². The Morgan fingerprint density at radius 1 is 1.47 bits per heavy atom. The van der Waals surface area contributed by atoms with Crippen molar-refractivity contribution in [2.24, 2.45) is 0 Å². The van der Waals surface area contributed by atoms with Gasteiger partial charge in [-0.05, 0) is 20.3 Å². The Balaban J connectivity index is 2.56. The number of carboxylic acid groups (broad SMARTS) is 1. The van der Waals surface area contributed by atoms with Crippen LogP contribution >= 0.6 is 0 Å². The molecule has 0 bridgehead atoms. The van der Waals surface area contributed by atoms with Gasteiger partial charge in [-0.2, -0.15) is 5.10 Å². The third-order valence-electron chi connectivity index (χ3n) is 2.57. The van der Waals surface area contributed by atoms with Gasteiger partial charge < -0.3 is 15.7 Å². The molecule has 1 unspecified atom stereocenters. The summed E-state index contributed by atoms with van der Waals surface area (Å²) in [6.45, 7) is 5.80.